The Labute approximate surface area is 205 Å². The molecule has 2 saturated carbocycles. The number of carboxylic acids is 1. The summed E-state index contributed by atoms with van der Waals surface area (Å²) < 4.78 is 0. The Hall–Kier alpha value is -1.90. The van der Waals surface area contributed by atoms with Crippen molar-refractivity contribution in [2.24, 2.45) is 39.4 Å². The zero-order valence-electron chi connectivity index (χ0n) is 21.3. The van der Waals surface area contributed by atoms with Crippen LogP contribution in [-0.4, -0.2) is 62.6 Å². The second-order valence-electron chi connectivity index (χ2n) is 12.4. The molecule has 0 aromatic heterocycles. The molecule has 8 nitrogen and oxygen atoms in total. The fraction of sp³-hybridized carbons (Fsp3) is 0.778. The van der Waals surface area contributed by atoms with Gasteiger partial charge in [-0.1, -0.05) is 27.7 Å². The Balaban J connectivity index is 1.91. The third-order valence-electron chi connectivity index (χ3n) is 11.0. The Morgan fingerprint density at radius 3 is 2.26 bits per heavy atom. The van der Waals surface area contributed by atoms with Gasteiger partial charge in [0.15, 0.2) is 11.6 Å². The minimum Gasteiger partial charge on any atom is -0.481 e. The van der Waals surface area contributed by atoms with Gasteiger partial charge in [-0.05, 0) is 43.9 Å². The average molecular weight is 491 g/mol. The van der Waals surface area contributed by atoms with E-state index in [0.717, 1.165) is 0 Å². The van der Waals surface area contributed by atoms with Crippen molar-refractivity contribution in [1.29, 1.82) is 0 Å². The molecule has 0 radical (unpaired) electrons. The van der Waals surface area contributed by atoms with Gasteiger partial charge in [0.25, 0.3) is 0 Å². The predicted molar refractivity (Wildman–Crippen MR) is 125 cm³/mol. The molecule has 2 fully saturated rings. The molecule has 4 aliphatic carbocycles. The number of allylic oxidation sites excluding steroid dienone is 1. The molecule has 0 aromatic carbocycles. The number of fused-ring (bicyclic) bond motifs is 4. The number of carbonyl (C=O) groups excluding carboxylic acids is 3. The molecule has 0 spiro atoms. The number of aliphatic hydroxyl groups is 3. The van der Waals surface area contributed by atoms with Crippen molar-refractivity contribution in [3.63, 3.8) is 0 Å². The summed E-state index contributed by atoms with van der Waals surface area (Å²) in [6, 6.07) is 0. The van der Waals surface area contributed by atoms with E-state index in [1.807, 2.05) is 13.8 Å². The molecule has 35 heavy (non-hydrogen) atoms. The van der Waals surface area contributed by atoms with Crippen LogP contribution in [-0.2, 0) is 19.2 Å². The number of rotatable bonds is 5. The van der Waals surface area contributed by atoms with Crippen molar-refractivity contribution in [3.05, 3.63) is 11.1 Å². The predicted octanol–water partition coefficient (Wildman–Crippen LogP) is 2.08. The maximum atomic E-state index is 14.0. The summed E-state index contributed by atoms with van der Waals surface area (Å²) in [5, 5.41) is 41.7. The van der Waals surface area contributed by atoms with Gasteiger partial charge in [-0.3, -0.25) is 19.2 Å². The molecular weight excluding hydrogens is 452 g/mol. The summed E-state index contributed by atoms with van der Waals surface area (Å²) in [7, 11) is 0. The minimum absolute atomic E-state index is 0.00497. The van der Waals surface area contributed by atoms with Gasteiger partial charge in [0.1, 0.15) is 11.9 Å². The lowest BCUT2D eigenvalue weighted by molar-refractivity contribution is -0.163. The van der Waals surface area contributed by atoms with Crippen LogP contribution >= 0.6 is 0 Å². The van der Waals surface area contributed by atoms with Gasteiger partial charge in [-0.15, -0.1) is 0 Å². The molecule has 0 unspecified atom stereocenters. The lowest BCUT2D eigenvalue weighted by atomic mass is 9.42. The monoisotopic (exact) mass is 490 g/mol. The van der Waals surface area contributed by atoms with Gasteiger partial charge in [-0.2, -0.15) is 0 Å². The first-order chi connectivity index (χ1) is 16.1. The molecule has 0 aromatic rings. The molecule has 194 valence electrons. The van der Waals surface area contributed by atoms with Crippen molar-refractivity contribution in [2.75, 3.05) is 6.61 Å². The maximum absolute atomic E-state index is 14.0. The van der Waals surface area contributed by atoms with E-state index in [1.54, 1.807) is 20.8 Å². The Morgan fingerprint density at radius 1 is 1.06 bits per heavy atom. The van der Waals surface area contributed by atoms with E-state index in [4.69, 9.17) is 5.11 Å². The third kappa shape index (κ3) is 3.08. The second-order valence-corrected chi connectivity index (χ2v) is 12.4. The van der Waals surface area contributed by atoms with Crippen LogP contribution in [0.25, 0.3) is 0 Å². The number of carboxylic acid groups (broad SMARTS) is 1. The van der Waals surface area contributed by atoms with Gasteiger partial charge in [0.2, 0.25) is 0 Å². The quantitative estimate of drug-likeness (QED) is 0.458. The highest BCUT2D eigenvalue weighted by Crippen LogP contribution is 2.70. The van der Waals surface area contributed by atoms with E-state index in [0.29, 0.717) is 19.3 Å². The fourth-order valence-corrected chi connectivity index (χ4v) is 8.45. The molecule has 0 amide bonds. The number of aliphatic carboxylic acids is 1. The summed E-state index contributed by atoms with van der Waals surface area (Å²) in [5.41, 5.74) is -4.11. The maximum Gasteiger partial charge on any atom is 0.303 e. The van der Waals surface area contributed by atoms with Crippen molar-refractivity contribution < 1.29 is 39.6 Å². The topological polar surface area (TPSA) is 149 Å². The molecule has 4 rings (SSSR count). The van der Waals surface area contributed by atoms with Gasteiger partial charge in [-0.25, -0.2) is 0 Å². The van der Waals surface area contributed by atoms with Crippen LogP contribution in [0.5, 0.6) is 0 Å². The summed E-state index contributed by atoms with van der Waals surface area (Å²) in [4.78, 5) is 52.7. The molecule has 4 N–H and O–H groups in total. The first-order valence-corrected chi connectivity index (χ1v) is 12.7. The van der Waals surface area contributed by atoms with Crippen LogP contribution in [0, 0.1) is 39.4 Å². The molecule has 0 bridgehead atoms. The standard InChI is InChI=1S/C27H38O8/c1-13(6-7-19(32)33)14-10-18(31)27(5)20-15(29)11-16-24(2,9-8-17(30)25(16,3)12-28)21(20)22(34)23(35)26(14,27)4/h13-14,16-17,23,28,30,35H,6-12H2,1-5H3,(H,32,33)/t13-,14-,16-,17+,23-,24+,25+,26+,27+/m1/s1. The summed E-state index contributed by atoms with van der Waals surface area (Å²) >= 11 is 0. The fourth-order valence-electron chi connectivity index (χ4n) is 8.45. The zero-order valence-corrected chi connectivity index (χ0v) is 21.3. The molecule has 0 saturated heterocycles. The Bertz CT molecular complexity index is 1030. The van der Waals surface area contributed by atoms with Crippen LogP contribution in [0.2, 0.25) is 0 Å². The Morgan fingerprint density at radius 2 is 1.69 bits per heavy atom. The summed E-state index contributed by atoms with van der Waals surface area (Å²) in [6.45, 7) is 8.47. The van der Waals surface area contributed by atoms with Gasteiger partial charge >= 0.3 is 5.97 Å². The highest BCUT2D eigenvalue weighted by atomic mass is 16.4. The zero-order chi connectivity index (χ0) is 26.3. The number of hydrogen-bond acceptors (Lipinski definition) is 7. The van der Waals surface area contributed by atoms with E-state index in [2.05, 4.69) is 0 Å². The van der Waals surface area contributed by atoms with Crippen LogP contribution in [0.4, 0.5) is 0 Å². The highest BCUT2D eigenvalue weighted by molar-refractivity contribution is 6.17. The SMILES string of the molecule is C[C@H](CCC(=O)O)[C@H]1CC(=O)[C@@]2(C)C3=C(C(=O)[C@@H](O)[C@]12C)[C@@]1(C)CC[C@H](O)[C@@](C)(CO)[C@@H]1CC3=O. The lowest BCUT2D eigenvalue weighted by Crippen LogP contribution is -2.65. The van der Waals surface area contributed by atoms with Crippen molar-refractivity contribution in [3.8, 4) is 0 Å². The lowest BCUT2D eigenvalue weighted by Gasteiger charge is -2.61. The number of carbonyl (C=O) groups is 4. The second kappa shape index (κ2) is 8.05. The van der Waals surface area contributed by atoms with Gasteiger partial charge in [0, 0.05) is 46.7 Å². The first-order valence-electron chi connectivity index (χ1n) is 12.7. The van der Waals surface area contributed by atoms with Gasteiger partial charge < -0.3 is 20.4 Å². The van der Waals surface area contributed by atoms with E-state index in [-0.39, 0.29) is 54.5 Å². The normalized spacial score (nSPS) is 46.2. The molecule has 0 aliphatic heterocycles. The molecule has 8 heteroatoms. The van der Waals surface area contributed by atoms with Crippen LogP contribution in [0.3, 0.4) is 0 Å². The van der Waals surface area contributed by atoms with Crippen molar-refractivity contribution >= 4 is 23.3 Å². The number of aliphatic hydroxyl groups excluding tert-OH is 3. The summed E-state index contributed by atoms with van der Waals surface area (Å²) in [6.07, 6.45) is -1.35. The number of Topliss-reactive ketones (excluding diaryl/α,β-unsaturated/α-hetero) is 3. The average Bonchev–Trinajstić information content (AvgIpc) is 3.01. The van der Waals surface area contributed by atoms with Crippen LogP contribution < -0.4 is 0 Å². The first kappa shape index (κ1) is 26.2. The van der Waals surface area contributed by atoms with Crippen LogP contribution in [0.1, 0.15) is 73.1 Å². The number of hydrogen-bond donors (Lipinski definition) is 4. The van der Waals surface area contributed by atoms with Crippen molar-refractivity contribution in [1.82, 2.24) is 0 Å². The van der Waals surface area contributed by atoms with Crippen molar-refractivity contribution in [2.45, 2.75) is 85.4 Å². The largest absolute Gasteiger partial charge is 0.481 e. The van der Waals surface area contributed by atoms with E-state index >= 15 is 0 Å². The smallest absolute Gasteiger partial charge is 0.303 e. The molecule has 9 atom stereocenters. The molecule has 0 heterocycles. The highest BCUT2D eigenvalue weighted by Gasteiger charge is 2.73. The third-order valence-corrected chi connectivity index (χ3v) is 11.0. The van der Waals surface area contributed by atoms with Crippen LogP contribution in [0.15, 0.2) is 11.1 Å². The van der Waals surface area contributed by atoms with E-state index < -0.39 is 57.5 Å². The molecular formula is C27H38O8. The molecule has 4 aliphatic rings. The van der Waals surface area contributed by atoms with E-state index in [1.165, 1.54) is 0 Å². The number of ketones is 3. The van der Waals surface area contributed by atoms with Gasteiger partial charge in [0.05, 0.1) is 18.1 Å². The van der Waals surface area contributed by atoms with E-state index in [9.17, 15) is 34.5 Å². The Kier molecular flexibility index (Phi) is 6.02. The minimum atomic E-state index is -1.52. The summed E-state index contributed by atoms with van der Waals surface area (Å²) in [5.74, 6) is -3.27.